The first-order valence-corrected chi connectivity index (χ1v) is 8.73. The third kappa shape index (κ3) is 5.41. The van der Waals surface area contributed by atoms with Crippen LogP contribution in [0.25, 0.3) is 10.8 Å². The number of hydrogen-bond acceptors (Lipinski definition) is 4. The van der Waals surface area contributed by atoms with Crippen molar-refractivity contribution in [3.8, 4) is 11.5 Å². The Bertz CT molecular complexity index is 1030. The van der Waals surface area contributed by atoms with Crippen molar-refractivity contribution in [1.29, 1.82) is 0 Å². The summed E-state index contributed by atoms with van der Waals surface area (Å²) >= 11 is 0. The van der Waals surface area contributed by atoms with Crippen molar-refractivity contribution in [2.45, 2.75) is 19.6 Å². The summed E-state index contributed by atoms with van der Waals surface area (Å²) in [6.07, 6.45) is -0.884. The Morgan fingerprint density at radius 1 is 0.828 bits per heavy atom. The molecular formula is C21H18F2N2O4. The van der Waals surface area contributed by atoms with Gasteiger partial charge in [-0.2, -0.15) is 8.78 Å². The summed E-state index contributed by atoms with van der Waals surface area (Å²) in [7, 11) is 0. The molecule has 2 N–H and O–H groups in total. The molecule has 0 heterocycles. The Hall–Kier alpha value is -3.68. The summed E-state index contributed by atoms with van der Waals surface area (Å²) in [6.45, 7) is -1.46. The average Bonchev–Trinajstić information content (AvgIpc) is 2.71. The zero-order valence-electron chi connectivity index (χ0n) is 15.4. The number of rotatable bonds is 6. The predicted octanol–water partition coefficient (Wildman–Crippen LogP) is 3.67. The molecule has 0 radical (unpaired) electrons. The van der Waals surface area contributed by atoms with E-state index < -0.39 is 24.5 Å². The highest BCUT2D eigenvalue weighted by molar-refractivity contribution is 5.96. The number of halogens is 2. The van der Waals surface area contributed by atoms with Gasteiger partial charge in [-0.05, 0) is 48.0 Å². The van der Waals surface area contributed by atoms with Crippen LogP contribution >= 0.6 is 0 Å². The van der Waals surface area contributed by atoms with E-state index >= 15 is 0 Å². The molecule has 0 spiro atoms. The molecule has 6 nitrogen and oxygen atoms in total. The van der Waals surface area contributed by atoms with Crippen LogP contribution in [0.2, 0.25) is 0 Å². The molecule has 1 atom stereocenters. The van der Waals surface area contributed by atoms with Gasteiger partial charge in [0, 0.05) is 5.56 Å². The van der Waals surface area contributed by atoms with Crippen LogP contribution < -0.4 is 20.3 Å². The van der Waals surface area contributed by atoms with E-state index in [4.69, 9.17) is 4.74 Å². The van der Waals surface area contributed by atoms with Crippen molar-refractivity contribution in [2.24, 2.45) is 0 Å². The van der Waals surface area contributed by atoms with Gasteiger partial charge in [-0.1, -0.05) is 36.4 Å². The van der Waals surface area contributed by atoms with E-state index in [9.17, 15) is 18.4 Å². The highest BCUT2D eigenvalue weighted by Gasteiger charge is 2.16. The first kappa shape index (κ1) is 20.1. The van der Waals surface area contributed by atoms with Crippen LogP contribution in [0.1, 0.15) is 17.3 Å². The summed E-state index contributed by atoms with van der Waals surface area (Å²) in [5, 5.41) is 2.01. The zero-order valence-corrected chi connectivity index (χ0v) is 15.4. The quantitative estimate of drug-likeness (QED) is 0.619. The highest BCUT2D eigenvalue weighted by atomic mass is 19.3. The zero-order chi connectivity index (χ0) is 20.8. The van der Waals surface area contributed by atoms with Crippen molar-refractivity contribution in [3.05, 3.63) is 72.3 Å². The maximum absolute atomic E-state index is 12.3. The molecule has 0 saturated carbocycles. The lowest BCUT2D eigenvalue weighted by atomic mass is 10.1. The van der Waals surface area contributed by atoms with Crippen LogP contribution in [-0.4, -0.2) is 24.5 Å². The van der Waals surface area contributed by atoms with E-state index in [1.165, 1.54) is 25.1 Å². The molecule has 3 rings (SSSR count). The van der Waals surface area contributed by atoms with Gasteiger partial charge >= 0.3 is 6.61 Å². The normalized spacial score (nSPS) is 11.7. The van der Waals surface area contributed by atoms with Gasteiger partial charge < -0.3 is 9.47 Å². The van der Waals surface area contributed by atoms with Gasteiger partial charge in [0.25, 0.3) is 11.8 Å². The standard InChI is InChI=1S/C21H18F2N2O4/c1-13(28-18-10-9-14-5-2-3-6-15(14)11-18)19(26)24-25-20(27)16-7-4-8-17(12-16)29-21(22)23/h2-13,21H,1H3,(H,24,26)(H,25,27). The van der Waals surface area contributed by atoms with Crippen LogP contribution in [0.3, 0.4) is 0 Å². The number of nitrogens with one attached hydrogen (secondary N) is 2. The maximum atomic E-state index is 12.3. The van der Waals surface area contributed by atoms with E-state index in [2.05, 4.69) is 15.6 Å². The van der Waals surface area contributed by atoms with Crippen molar-refractivity contribution in [2.75, 3.05) is 0 Å². The first-order chi connectivity index (χ1) is 13.9. The number of fused-ring (bicyclic) bond motifs is 1. The SMILES string of the molecule is CC(Oc1ccc2ccccc2c1)C(=O)NNC(=O)c1cccc(OC(F)F)c1. The predicted molar refractivity (Wildman–Crippen MR) is 103 cm³/mol. The number of benzene rings is 3. The fourth-order valence-corrected chi connectivity index (χ4v) is 2.60. The number of carbonyl (C=O) groups excluding carboxylic acids is 2. The number of hydrazine groups is 1. The molecule has 0 aliphatic rings. The van der Waals surface area contributed by atoms with Gasteiger partial charge in [0.15, 0.2) is 6.10 Å². The monoisotopic (exact) mass is 400 g/mol. The van der Waals surface area contributed by atoms with Gasteiger partial charge in [-0.25, -0.2) is 0 Å². The minimum absolute atomic E-state index is 0.0477. The molecule has 3 aromatic carbocycles. The number of ether oxygens (including phenoxy) is 2. The fraction of sp³-hybridized carbons (Fsp3) is 0.143. The third-order valence-corrected chi connectivity index (χ3v) is 4.02. The minimum atomic E-state index is -3.00. The first-order valence-electron chi connectivity index (χ1n) is 8.73. The number of hydrogen-bond donors (Lipinski definition) is 2. The second kappa shape index (κ2) is 9.01. The van der Waals surface area contributed by atoms with Crippen LogP contribution in [0.15, 0.2) is 66.7 Å². The lowest BCUT2D eigenvalue weighted by molar-refractivity contribution is -0.128. The Morgan fingerprint density at radius 2 is 1.55 bits per heavy atom. The summed E-state index contributed by atoms with van der Waals surface area (Å²) in [5.74, 6) is -0.913. The van der Waals surface area contributed by atoms with Gasteiger partial charge in [-0.3, -0.25) is 20.4 Å². The van der Waals surface area contributed by atoms with Crippen LogP contribution in [0.4, 0.5) is 8.78 Å². The highest BCUT2D eigenvalue weighted by Crippen LogP contribution is 2.21. The Labute approximate surface area is 165 Å². The molecule has 0 saturated heterocycles. The Balaban J connectivity index is 1.56. The largest absolute Gasteiger partial charge is 0.481 e. The van der Waals surface area contributed by atoms with E-state index in [0.29, 0.717) is 5.75 Å². The van der Waals surface area contributed by atoms with Gasteiger partial charge in [-0.15, -0.1) is 0 Å². The fourth-order valence-electron chi connectivity index (χ4n) is 2.60. The molecule has 8 heteroatoms. The van der Waals surface area contributed by atoms with Crippen molar-refractivity contribution in [1.82, 2.24) is 10.9 Å². The Kier molecular flexibility index (Phi) is 6.23. The smallest absolute Gasteiger partial charge is 0.387 e. The maximum Gasteiger partial charge on any atom is 0.387 e. The Morgan fingerprint density at radius 3 is 2.31 bits per heavy atom. The van der Waals surface area contributed by atoms with E-state index in [0.717, 1.165) is 16.8 Å². The van der Waals surface area contributed by atoms with Crippen molar-refractivity contribution in [3.63, 3.8) is 0 Å². The molecule has 0 bridgehead atoms. The molecule has 0 aliphatic heterocycles. The number of carbonyl (C=O) groups is 2. The molecule has 0 aliphatic carbocycles. The van der Waals surface area contributed by atoms with E-state index in [1.54, 1.807) is 6.07 Å². The molecule has 150 valence electrons. The lowest BCUT2D eigenvalue weighted by Crippen LogP contribution is -2.47. The van der Waals surface area contributed by atoms with Crippen LogP contribution in [0.5, 0.6) is 11.5 Å². The molecule has 0 aromatic heterocycles. The van der Waals surface area contributed by atoms with Gasteiger partial charge in [0.05, 0.1) is 0 Å². The van der Waals surface area contributed by atoms with E-state index in [-0.39, 0.29) is 11.3 Å². The molecule has 3 aromatic rings. The molecule has 1 unspecified atom stereocenters. The molecule has 0 fully saturated rings. The second-order valence-corrected chi connectivity index (χ2v) is 6.12. The van der Waals surface area contributed by atoms with Gasteiger partial charge in [0.2, 0.25) is 0 Å². The lowest BCUT2D eigenvalue weighted by Gasteiger charge is -2.15. The van der Waals surface area contributed by atoms with E-state index in [1.807, 2.05) is 36.4 Å². The average molecular weight is 400 g/mol. The van der Waals surface area contributed by atoms with Crippen molar-refractivity contribution >= 4 is 22.6 Å². The van der Waals surface area contributed by atoms with Crippen LogP contribution in [-0.2, 0) is 4.79 Å². The van der Waals surface area contributed by atoms with Crippen molar-refractivity contribution < 1.29 is 27.8 Å². The number of amides is 2. The molecular weight excluding hydrogens is 382 g/mol. The summed E-state index contributed by atoms with van der Waals surface area (Å²) in [6, 6.07) is 18.4. The second-order valence-electron chi connectivity index (χ2n) is 6.12. The minimum Gasteiger partial charge on any atom is -0.481 e. The molecule has 2 amide bonds. The summed E-state index contributed by atoms with van der Waals surface area (Å²) < 4.78 is 34.4. The number of alkyl halides is 2. The topological polar surface area (TPSA) is 76.7 Å². The summed E-state index contributed by atoms with van der Waals surface area (Å²) in [5.41, 5.74) is 4.51. The third-order valence-electron chi connectivity index (χ3n) is 4.02. The van der Waals surface area contributed by atoms with Gasteiger partial charge in [0.1, 0.15) is 11.5 Å². The molecule has 29 heavy (non-hydrogen) atoms. The summed E-state index contributed by atoms with van der Waals surface area (Å²) in [4.78, 5) is 24.3. The van der Waals surface area contributed by atoms with Crippen LogP contribution in [0, 0.1) is 0 Å².